The van der Waals surface area contributed by atoms with Gasteiger partial charge in [-0.1, -0.05) is 33.6 Å². The summed E-state index contributed by atoms with van der Waals surface area (Å²) < 4.78 is 1.05. The van der Waals surface area contributed by atoms with Crippen LogP contribution in [0, 0.1) is 0 Å². The monoisotopic (exact) mass is 247 g/mol. The van der Waals surface area contributed by atoms with Crippen LogP contribution in [0.3, 0.4) is 0 Å². The summed E-state index contributed by atoms with van der Waals surface area (Å²) in [6, 6.07) is 6.09. The summed E-state index contributed by atoms with van der Waals surface area (Å²) in [5.41, 5.74) is 1.11. The average molecular weight is 249 g/mol. The van der Waals surface area contributed by atoms with Crippen molar-refractivity contribution in [3.8, 4) is 0 Å². The van der Waals surface area contributed by atoms with Crippen molar-refractivity contribution in [2.45, 2.75) is 13.0 Å². The van der Waals surface area contributed by atoms with Crippen LogP contribution in [0.1, 0.15) is 18.5 Å². The van der Waals surface area contributed by atoms with Gasteiger partial charge in [0.05, 0.1) is 0 Å². The third-order valence-corrected chi connectivity index (χ3v) is 2.89. The van der Waals surface area contributed by atoms with Gasteiger partial charge in [0.15, 0.2) is 0 Å². The van der Waals surface area contributed by atoms with Crippen LogP contribution in [0.2, 0.25) is 5.02 Å². The molecule has 0 saturated heterocycles. The van der Waals surface area contributed by atoms with Crippen LogP contribution < -0.4 is 5.32 Å². The highest BCUT2D eigenvalue weighted by Crippen LogP contribution is 2.29. The lowest BCUT2D eigenvalue weighted by molar-refractivity contribution is 0.650. The molecular formula is C9H11BrClN. The van der Waals surface area contributed by atoms with Crippen LogP contribution in [0.15, 0.2) is 22.7 Å². The molecule has 0 heterocycles. The van der Waals surface area contributed by atoms with Gasteiger partial charge < -0.3 is 5.32 Å². The smallest absolute Gasteiger partial charge is 0.0465 e. The van der Waals surface area contributed by atoms with Gasteiger partial charge in [0, 0.05) is 21.1 Å². The van der Waals surface area contributed by atoms with Crippen LogP contribution in [0.4, 0.5) is 0 Å². The molecule has 0 amide bonds. The predicted octanol–water partition coefficient (Wildman–Crippen LogP) is 3.38. The van der Waals surface area contributed by atoms with Gasteiger partial charge in [-0.2, -0.15) is 0 Å². The zero-order valence-electron chi connectivity index (χ0n) is 7.07. The van der Waals surface area contributed by atoms with Crippen molar-refractivity contribution in [2.24, 2.45) is 0 Å². The first-order valence-corrected chi connectivity index (χ1v) is 4.95. The highest BCUT2D eigenvalue weighted by atomic mass is 79.9. The topological polar surface area (TPSA) is 12.0 Å². The van der Waals surface area contributed by atoms with E-state index in [1.165, 1.54) is 0 Å². The highest BCUT2D eigenvalue weighted by Gasteiger charge is 2.10. The molecule has 0 fully saturated rings. The van der Waals surface area contributed by atoms with Crippen molar-refractivity contribution >= 4 is 27.5 Å². The Balaban J connectivity index is 3.12. The van der Waals surface area contributed by atoms with Crippen molar-refractivity contribution in [2.75, 3.05) is 7.05 Å². The Morgan fingerprint density at radius 1 is 1.50 bits per heavy atom. The normalized spacial score (nSPS) is 13.0. The fraction of sp³-hybridized carbons (Fsp3) is 0.333. The minimum atomic E-state index is 0.271. The summed E-state index contributed by atoms with van der Waals surface area (Å²) in [6.07, 6.45) is 0. The molecule has 1 atom stereocenters. The standard InChI is InChI=1S/C9H11BrClN/c1-6(12-2)9-7(10)4-3-5-8(9)11/h3-6,12H,1-2H3/t6-/m0/s1. The Bertz CT molecular complexity index is 255. The van der Waals surface area contributed by atoms with Gasteiger partial charge in [0.2, 0.25) is 0 Å². The van der Waals surface area contributed by atoms with Crippen molar-refractivity contribution in [1.82, 2.24) is 5.32 Å². The molecule has 1 N–H and O–H groups in total. The second-order valence-corrected chi connectivity index (χ2v) is 3.91. The lowest BCUT2D eigenvalue weighted by Gasteiger charge is -2.14. The minimum Gasteiger partial charge on any atom is -0.313 e. The SMILES string of the molecule is CN[C@@H](C)c1c(Cl)cccc1Br. The molecule has 0 spiro atoms. The summed E-state index contributed by atoms with van der Waals surface area (Å²) in [5, 5.41) is 3.95. The number of halogens is 2. The van der Waals surface area contributed by atoms with Crippen molar-refractivity contribution in [1.29, 1.82) is 0 Å². The largest absolute Gasteiger partial charge is 0.313 e. The van der Waals surface area contributed by atoms with E-state index in [4.69, 9.17) is 11.6 Å². The van der Waals surface area contributed by atoms with Crippen molar-refractivity contribution in [3.05, 3.63) is 33.3 Å². The fourth-order valence-corrected chi connectivity index (χ4v) is 2.23. The van der Waals surface area contributed by atoms with E-state index in [2.05, 4.69) is 28.2 Å². The maximum Gasteiger partial charge on any atom is 0.0465 e. The fourth-order valence-electron chi connectivity index (χ4n) is 1.07. The third kappa shape index (κ3) is 2.00. The van der Waals surface area contributed by atoms with Crippen molar-refractivity contribution in [3.63, 3.8) is 0 Å². The maximum absolute atomic E-state index is 6.03. The molecule has 1 rings (SSSR count). The molecule has 66 valence electrons. The molecule has 0 aromatic heterocycles. The van der Waals surface area contributed by atoms with Gasteiger partial charge in [0.25, 0.3) is 0 Å². The van der Waals surface area contributed by atoms with Crippen LogP contribution in [-0.4, -0.2) is 7.05 Å². The molecular weight excluding hydrogens is 237 g/mol. The molecule has 0 bridgehead atoms. The van der Waals surface area contributed by atoms with Crippen LogP contribution in [0.5, 0.6) is 0 Å². The minimum absolute atomic E-state index is 0.271. The van der Waals surface area contributed by atoms with Gasteiger partial charge in [0.1, 0.15) is 0 Å². The van der Waals surface area contributed by atoms with Crippen LogP contribution in [-0.2, 0) is 0 Å². The van der Waals surface area contributed by atoms with E-state index in [9.17, 15) is 0 Å². The number of hydrogen-bond donors (Lipinski definition) is 1. The summed E-state index contributed by atoms with van der Waals surface area (Å²) in [5.74, 6) is 0. The second kappa shape index (κ2) is 4.26. The number of nitrogens with one attached hydrogen (secondary N) is 1. The Hall–Kier alpha value is -0.0500. The van der Waals surface area contributed by atoms with E-state index in [1.54, 1.807) is 0 Å². The molecule has 12 heavy (non-hydrogen) atoms. The molecule has 0 saturated carbocycles. The molecule has 0 radical (unpaired) electrons. The molecule has 0 aliphatic carbocycles. The molecule has 1 nitrogen and oxygen atoms in total. The van der Waals surface area contributed by atoms with E-state index in [1.807, 2.05) is 25.2 Å². The second-order valence-electron chi connectivity index (χ2n) is 2.65. The van der Waals surface area contributed by atoms with E-state index in [-0.39, 0.29) is 6.04 Å². The van der Waals surface area contributed by atoms with E-state index in [0.717, 1.165) is 15.1 Å². The lowest BCUT2D eigenvalue weighted by atomic mass is 10.1. The summed E-state index contributed by atoms with van der Waals surface area (Å²) in [4.78, 5) is 0. The first-order valence-electron chi connectivity index (χ1n) is 3.78. The zero-order chi connectivity index (χ0) is 9.14. The summed E-state index contributed by atoms with van der Waals surface area (Å²) in [6.45, 7) is 2.08. The molecule has 0 unspecified atom stereocenters. The molecule has 3 heteroatoms. The summed E-state index contributed by atoms with van der Waals surface area (Å²) >= 11 is 9.50. The number of benzene rings is 1. The van der Waals surface area contributed by atoms with E-state index < -0.39 is 0 Å². The van der Waals surface area contributed by atoms with Gasteiger partial charge in [-0.25, -0.2) is 0 Å². The highest BCUT2D eigenvalue weighted by molar-refractivity contribution is 9.10. The van der Waals surface area contributed by atoms with Crippen LogP contribution >= 0.6 is 27.5 Å². The van der Waals surface area contributed by atoms with Gasteiger partial charge in [-0.3, -0.25) is 0 Å². The Morgan fingerprint density at radius 3 is 2.67 bits per heavy atom. The van der Waals surface area contributed by atoms with Gasteiger partial charge >= 0.3 is 0 Å². The quantitative estimate of drug-likeness (QED) is 0.846. The first kappa shape index (κ1) is 10.0. The van der Waals surface area contributed by atoms with E-state index in [0.29, 0.717) is 0 Å². The Labute approximate surface area is 86.2 Å². The predicted molar refractivity (Wildman–Crippen MR) is 56.6 cm³/mol. The van der Waals surface area contributed by atoms with Gasteiger partial charge in [-0.05, 0) is 26.1 Å². The first-order chi connectivity index (χ1) is 5.66. The van der Waals surface area contributed by atoms with Gasteiger partial charge in [-0.15, -0.1) is 0 Å². The average Bonchev–Trinajstić information content (AvgIpc) is 2.03. The Morgan fingerprint density at radius 2 is 2.17 bits per heavy atom. The molecule has 0 aliphatic heterocycles. The zero-order valence-corrected chi connectivity index (χ0v) is 9.41. The van der Waals surface area contributed by atoms with Crippen LogP contribution in [0.25, 0.3) is 0 Å². The lowest BCUT2D eigenvalue weighted by Crippen LogP contribution is -2.13. The van der Waals surface area contributed by atoms with Crippen molar-refractivity contribution < 1.29 is 0 Å². The Kier molecular flexibility index (Phi) is 3.56. The molecule has 1 aromatic rings. The third-order valence-electron chi connectivity index (χ3n) is 1.87. The molecule has 1 aromatic carbocycles. The number of hydrogen-bond acceptors (Lipinski definition) is 1. The maximum atomic E-state index is 6.03. The molecule has 0 aliphatic rings. The van der Waals surface area contributed by atoms with E-state index >= 15 is 0 Å². The number of rotatable bonds is 2. The summed E-state index contributed by atoms with van der Waals surface area (Å²) in [7, 11) is 1.92.